The second-order valence-corrected chi connectivity index (χ2v) is 2.70. The monoisotopic (exact) mass is 190 g/mol. The largest absolute Gasteiger partial charge is 0.505 e. The molecular formula is C9H6N2O3. The number of fused-ring (bicyclic) bond motifs is 1. The Morgan fingerprint density at radius 2 is 2.14 bits per heavy atom. The molecule has 0 aliphatic carbocycles. The van der Waals surface area contributed by atoms with Crippen molar-refractivity contribution < 1.29 is 15.0 Å². The minimum atomic E-state index is -1.22. The van der Waals surface area contributed by atoms with Gasteiger partial charge < -0.3 is 10.2 Å². The van der Waals surface area contributed by atoms with E-state index in [0.717, 1.165) is 6.20 Å². The average Bonchev–Trinajstić information content (AvgIpc) is 2.18. The fourth-order valence-corrected chi connectivity index (χ4v) is 1.16. The van der Waals surface area contributed by atoms with Crippen LogP contribution in [0.15, 0.2) is 24.5 Å². The van der Waals surface area contributed by atoms with Crippen LogP contribution in [0.25, 0.3) is 11.0 Å². The summed E-state index contributed by atoms with van der Waals surface area (Å²) in [5.74, 6) is -1.56. The molecule has 0 aromatic carbocycles. The third kappa shape index (κ3) is 1.15. The van der Waals surface area contributed by atoms with Gasteiger partial charge in [-0.2, -0.15) is 0 Å². The maximum atomic E-state index is 10.6. The summed E-state index contributed by atoms with van der Waals surface area (Å²) in [5.41, 5.74) is 0.429. The van der Waals surface area contributed by atoms with Crippen molar-refractivity contribution in [2.45, 2.75) is 0 Å². The van der Waals surface area contributed by atoms with E-state index in [9.17, 15) is 9.90 Å². The first-order valence-corrected chi connectivity index (χ1v) is 3.86. The summed E-state index contributed by atoms with van der Waals surface area (Å²) in [7, 11) is 0. The van der Waals surface area contributed by atoms with Crippen LogP contribution in [0.4, 0.5) is 0 Å². The summed E-state index contributed by atoms with van der Waals surface area (Å²) in [6.45, 7) is 0. The first-order chi connectivity index (χ1) is 6.70. The van der Waals surface area contributed by atoms with E-state index in [4.69, 9.17) is 5.11 Å². The molecule has 2 rings (SSSR count). The molecule has 2 aromatic heterocycles. The second-order valence-electron chi connectivity index (χ2n) is 2.70. The van der Waals surface area contributed by atoms with Gasteiger partial charge in [0.25, 0.3) is 0 Å². The number of carboxylic acids is 1. The zero-order valence-corrected chi connectivity index (χ0v) is 7.01. The summed E-state index contributed by atoms with van der Waals surface area (Å²) < 4.78 is 0. The zero-order valence-electron chi connectivity index (χ0n) is 7.01. The molecule has 70 valence electrons. The molecule has 0 saturated heterocycles. The number of carbonyl (C=O) groups is 1. The highest BCUT2D eigenvalue weighted by Gasteiger charge is 2.13. The van der Waals surface area contributed by atoms with Gasteiger partial charge in [0.2, 0.25) is 0 Å². The van der Waals surface area contributed by atoms with E-state index in [1.165, 1.54) is 6.20 Å². The molecule has 0 bridgehead atoms. The van der Waals surface area contributed by atoms with Crippen molar-refractivity contribution in [1.29, 1.82) is 0 Å². The second kappa shape index (κ2) is 2.95. The molecule has 0 aliphatic heterocycles. The minimum Gasteiger partial charge on any atom is -0.505 e. The molecule has 14 heavy (non-hydrogen) atoms. The molecule has 2 aromatic rings. The van der Waals surface area contributed by atoms with E-state index >= 15 is 0 Å². The van der Waals surface area contributed by atoms with Crippen LogP contribution >= 0.6 is 0 Å². The van der Waals surface area contributed by atoms with Crippen LogP contribution in [0, 0.1) is 0 Å². The number of hydrogen-bond donors (Lipinski definition) is 2. The summed E-state index contributed by atoms with van der Waals surface area (Å²) in [4.78, 5) is 18.3. The standard InChI is InChI=1S/C9H6N2O3/c12-8-5(9(13)14)4-11-6-2-1-3-10-7(6)8/h1-4H,(H,11,12)(H,13,14). The van der Waals surface area contributed by atoms with Crippen molar-refractivity contribution in [3.63, 3.8) is 0 Å². The molecule has 0 atom stereocenters. The highest BCUT2D eigenvalue weighted by molar-refractivity contribution is 5.96. The molecule has 0 radical (unpaired) electrons. The predicted molar refractivity (Wildman–Crippen MR) is 48.2 cm³/mol. The summed E-state index contributed by atoms with van der Waals surface area (Å²) in [6, 6.07) is 3.31. The average molecular weight is 190 g/mol. The molecule has 0 unspecified atom stereocenters. The van der Waals surface area contributed by atoms with Crippen LogP contribution in [-0.2, 0) is 0 Å². The van der Waals surface area contributed by atoms with Crippen LogP contribution in [0.3, 0.4) is 0 Å². The maximum absolute atomic E-state index is 10.6. The normalized spacial score (nSPS) is 10.3. The van der Waals surface area contributed by atoms with Crippen molar-refractivity contribution in [1.82, 2.24) is 9.97 Å². The fraction of sp³-hybridized carbons (Fsp3) is 0. The first kappa shape index (κ1) is 8.43. The Balaban J connectivity index is 2.81. The van der Waals surface area contributed by atoms with Gasteiger partial charge in [-0.25, -0.2) is 4.79 Å². The molecule has 0 fully saturated rings. The molecule has 2 N–H and O–H groups in total. The molecule has 5 nitrogen and oxygen atoms in total. The van der Waals surface area contributed by atoms with Gasteiger partial charge in [-0.05, 0) is 12.1 Å². The molecular weight excluding hydrogens is 184 g/mol. The van der Waals surface area contributed by atoms with Crippen molar-refractivity contribution >= 4 is 17.0 Å². The van der Waals surface area contributed by atoms with Gasteiger partial charge in [0.1, 0.15) is 11.1 Å². The predicted octanol–water partition coefficient (Wildman–Crippen LogP) is 1.03. The Bertz CT molecular complexity index is 510. The number of aromatic carboxylic acids is 1. The van der Waals surface area contributed by atoms with Gasteiger partial charge in [-0.1, -0.05) is 0 Å². The van der Waals surface area contributed by atoms with Gasteiger partial charge in [0.05, 0.1) is 5.52 Å². The third-order valence-corrected chi connectivity index (χ3v) is 1.83. The Morgan fingerprint density at radius 1 is 1.36 bits per heavy atom. The van der Waals surface area contributed by atoms with Crippen LogP contribution in [0.2, 0.25) is 0 Å². The van der Waals surface area contributed by atoms with E-state index in [-0.39, 0.29) is 16.8 Å². The van der Waals surface area contributed by atoms with Gasteiger partial charge >= 0.3 is 5.97 Å². The van der Waals surface area contributed by atoms with Crippen molar-refractivity contribution in [3.05, 3.63) is 30.1 Å². The quantitative estimate of drug-likeness (QED) is 0.701. The number of pyridine rings is 2. The van der Waals surface area contributed by atoms with Gasteiger partial charge in [-0.3, -0.25) is 9.97 Å². The molecule has 5 heteroatoms. The Hall–Kier alpha value is -2.17. The molecule has 0 spiro atoms. The van der Waals surface area contributed by atoms with E-state index in [1.807, 2.05) is 0 Å². The summed E-state index contributed by atoms with van der Waals surface area (Å²) in [6.07, 6.45) is 2.58. The number of rotatable bonds is 1. The number of aromatic nitrogens is 2. The Kier molecular flexibility index (Phi) is 1.78. The van der Waals surface area contributed by atoms with Gasteiger partial charge in [-0.15, -0.1) is 0 Å². The van der Waals surface area contributed by atoms with Crippen LogP contribution < -0.4 is 0 Å². The van der Waals surface area contributed by atoms with E-state index in [2.05, 4.69) is 9.97 Å². The van der Waals surface area contributed by atoms with Crippen LogP contribution in [-0.4, -0.2) is 26.2 Å². The Labute approximate surface area is 78.7 Å². The molecule has 0 amide bonds. The topological polar surface area (TPSA) is 83.3 Å². The van der Waals surface area contributed by atoms with E-state index in [1.54, 1.807) is 12.1 Å². The SMILES string of the molecule is O=C(O)c1cnc2cccnc2c1O. The first-order valence-electron chi connectivity index (χ1n) is 3.86. The summed E-state index contributed by atoms with van der Waals surface area (Å²) in [5, 5.41) is 18.2. The lowest BCUT2D eigenvalue weighted by atomic mass is 10.2. The fourth-order valence-electron chi connectivity index (χ4n) is 1.16. The van der Waals surface area contributed by atoms with Crippen LogP contribution in [0.5, 0.6) is 5.75 Å². The number of carboxylic acid groups (broad SMARTS) is 1. The van der Waals surface area contributed by atoms with Crippen LogP contribution in [0.1, 0.15) is 10.4 Å². The highest BCUT2D eigenvalue weighted by atomic mass is 16.4. The smallest absolute Gasteiger partial charge is 0.341 e. The Morgan fingerprint density at radius 3 is 2.86 bits per heavy atom. The molecule has 0 aliphatic rings. The maximum Gasteiger partial charge on any atom is 0.341 e. The lowest BCUT2D eigenvalue weighted by molar-refractivity contribution is 0.0693. The number of aromatic hydroxyl groups is 1. The van der Waals surface area contributed by atoms with Gasteiger partial charge in [0, 0.05) is 12.4 Å². The lowest BCUT2D eigenvalue weighted by Crippen LogP contribution is -1.98. The lowest BCUT2D eigenvalue weighted by Gasteiger charge is -2.01. The minimum absolute atomic E-state index is 0.201. The van der Waals surface area contributed by atoms with Crippen molar-refractivity contribution in [2.24, 2.45) is 0 Å². The molecule has 0 saturated carbocycles. The van der Waals surface area contributed by atoms with E-state index < -0.39 is 5.97 Å². The highest BCUT2D eigenvalue weighted by Crippen LogP contribution is 2.24. The summed E-state index contributed by atoms with van der Waals surface area (Å²) >= 11 is 0. The van der Waals surface area contributed by atoms with Gasteiger partial charge in [0.15, 0.2) is 5.75 Å². The molecule has 2 heterocycles. The zero-order chi connectivity index (χ0) is 10.1. The van der Waals surface area contributed by atoms with E-state index in [0.29, 0.717) is 5.52 Å². The van der Waals surface area contributed by atoms with Crippen molar-refractivity contribution in [2.75, 3.05) is 0 Å². The van der Waals surface area contributed by atoms with Crippen molar-refractivity contribution in [3.8, 4) is 5.75 Å². The number of hydrogen-bond acceptors (Lipinski definition) is 4. The third-order valence-electron chi connectivity index (χ3n) is 1.83. The number of nitrogens with zero attached hydrogens (tertiary/aromatic N) is 2.